The summed E-state index contributed by atoms with van der Waals surface area (Å²) in [6.45, 7) is 5.68. The van der Waals surface area contributed by atoms with E-state index in [1.54, 1.807) is 17.4 Å². The van der Waals surface area contributed by atoms with E-state index in [1.807, 2.05) is 11.6 Å². The lowest BCUT2D eigenvalue weighted by molar-refractivity contribution is -0.384. The Morgan fingerprint density at radius 2 is 2.09 bits per heavy atom. The maximum absolute atomic E-state index is 10.8. The van der Waals surface area contributed by atoms with Crippen LogP contribution in [-0.4, -0.2) is 41.0 Å². The zero-order chi connectivity index (χ0) is 16.4. The van der Waals surface area contributed by atoms with Crippen LogP contribution in [0, 0.1) is 10.1 Å². The number of benzene rings is 1. The molecule has 122 valence electrons. The number of nitro benzene ring substituents is 1. The van der Waals surface area contributed by atoms with Gasteiger partial charge in [-0.2, -0.15) is 0 Å². The summed E-state index contributed by atoms with van der Waals surface area (Å²) in [4.78, 5) is 19.3. The molecular formula is C15H17ClN4O2S. The van der Waals surface area contributed by atoms with Crippen LogP contribution in [0.25, 0.3) is 0 Å². The van der Waals surface area contributed by atoms with E-state index in [-0.39, 0.29) is 5.69 Å². The molecule has 0 N–H and O–H groups in total. The van der Waals surface area contributed by atoms with E-state index >= 15 is 0 Å². The molecule has 0 radical (unpaired) electrons. The zero-order valence-electron chi connectivity index (χ0n) is 12.7. The molecule has 6 nitrogen and oxygen atoms in total. The molecule has 1 aromatic carbocycles. The Balaban J connectivity index is 1.66. The van der Waals surface area contributed by atoms with Gasteiger partial charge in [0.2, 0.25) is 0 Å². The summed E-state index contributed by atoms with van der Waals surface area (Å²) in [5.41, 5.74) is 0.883. The van der Waals surface area contributed by atoms with E-state index in [2.05, 4.69) is 21.7 Å². The van der Waals surface area contributed by atoms with E-state index in [9.17, 15) is 10.1 Å². The molecule has 2 heterocycles. The predicted molar refractivity (Wildman–Crippen MR) is 92.4 cm³/mol. The highest BCUT2D eigenvalue weighted by molar-refractivity contribution is 7.09. The third-order valence-corrected chi connectivity index (χ3v) is 5.40. The molecule has 0 spiro atoms. The van der Waals surface area contributed by atoms with Gasteiger partial charge in [0.25, 0.3) is 5.69 Å². The molecule has 23 heavy (non-hydrogen) atoms. The van der Waals surface area contributed by atoms with Crippen molar-refractivity contribution in [3.63, 3.8) is 0 Å². The molecule has 1 aliphatic rings. The number of non-ortho nitro benzene ring substituents is 1. The van der Waals surface area contributed by atoms with Gasteiger partial charge in [0, 0.05) is 49.9 Å². The molecule has 1 unspecified atom stereocenters. The number of piperazine rings is 1. The summed E-state index contributed by atoms with van der Waals surface area (Å²) in [6, 6.07) is 4.97. The number of hydrogen-bond acceptors (Lipinski definition) is 6. The van der Waals surface area contributed by atoms with Gasteiger partial charge in [-0.15, -0.1) is 11.3 Å². The molecule has 1 fully saturated rings. The van der Waals surface area contributed by atoms with Gasteiger partial charge in [0.15, 0.2) is 0 Å². The van der Waals surface area contributed by atoms with Crippen LogP contribution in [-0.2, 0) is 0 Å². The fraction of sp³-hybridized carbons (Fsp3) is 0.400. The van der Waals surface area contributed by atoms with Crippen molar-refractivity contribution in [3.8, 4) is 0 Å². The summed E-state index contributed by atoms with van der Waals surface area (Å²) in [7, 11) is 0. The summed E-state index contributed by atoms with van der Waals surface area (Å²) in [5, 5.41) is 14.4. The Kier molecular flexibility index (Phi) is 4.79. The molecule has 0 bridgehead atoms. The SMILES string of the molecule is CC(c1nccs1)N1CCN(c2ccc([N+](=O)[O-])cc2Cl)CC1. The van der Waals surface area contributed by atoms with Crippen molar-refractivity contribution in [1.29, 1.82) is 0 Å². The number of aromatic nitrogens is 1. The van der Waals surface area contributed by atoms with Crippen molar-refractivity contribution >= 4 is 34.3 Å². The summed E-state index contributed by atoms with van der Waals surface area (Å²) in [5.74, 6) is 0. The van der Waals surface area contributed by atoms with Crippen molar-refractivity contribution in [2.75, 3.05) is 31.1 Å². The van der Waals surface area contributed by atoms with E-state index in [0.717, 1.165) is 36.9 Å². The maximum atomic E-state index is 10.8. The van der Waals surface area contributed by atoms with Gasteiger partial charge >= 0.3 is 0 Å². The lowest BCUT2D eigenvalue weighted by Gasteiger charge is -2.38. The molecule has 1 aromatic heterocycles. The lowest BCUT2D eigenvalue weighted by atomic mass is 10.2. The second-order valence-electron chi connectivity index (χ2n) is 5.46. The molecule has 1 saturated heterocycles. The number of rotatable bonds is 4. The third kappa shape index (κ3) is 3.46. The van der Waals surface area contributed by atoms with Crippen LogP contribution < -0.4 is 4.90 Å². The van der Waals surface area contributed by atoms with Crippen molar-refractivity contribution < 1.29 is 4.92 Å². The Labute approximate surface area is 143 Å². The smallest absolute Gasteiger partial charge is 0.271 e. The van der Waals surface area contributed by atoms with Crippen molar-refractivity contribution in [3.05, 3.63) is 49.9 Å². The molecule has 2 aromatic rings. The van der Waals surface area contributed by atoms with Gasteiger partial charge in [-0.05, 0) is 13.0 Å². The van der Waals surface area contributed by atoms with Gasteiger partial charge in [-0.3, -0.25) is 15.0 Å². The van der Waals surface area contributed by atoms with Crippen LogP contribution in [0.3, 0.4) is 0 Å². The maximum Gasteiger partial charge on any atom is 0.271 e. The highest BCUT2D eigenvalue weighted by Gasteiger charge is 2.24. The Hall–Kier alpha value is -1.70. The molecule has 1 atom stereocenters. The number of halogens is 1. The average Bonchev–Trinajstić information content (AvgIpc) is 3.08. The van der Waals surface area contributed by atoms with E-state index < -0.39 is 4.92 Å². The molecule has 1 aliphatic heterocycles. The first-order valence-electron chi connectivity index (χ1n) is 7.38. The highest BCUT2D eigenvalue weighted by atomic mass is 35.5. The summed E-state index contributed by atoms with van der Waals surface area (Å²) >= 11 is 7.90. The monoisotopic (exact) mass is 352 g/mol. The topological polar surface area (TPSA) is 62.5 Å². The number of thiazole rings is 1. The minimum atomic E-state index is -0.427. The second kappa shape index (κ2) is 6.82. The van der Waals surface area contributed by atoms with Gasteiger partial charge in [-0.25, -0.2) is 4.98 Å². The minimum Gasteiger partial charge on any atom is -0.368 e. The number of hydrogen-bond donors (Lipinski definition) is 0. The van der Waals surface area contributed by atoms with Crippen LogP contribution in [0.2, 0.25) is 5.02 Å². The molecule has 3 rings (SSSR count). The highest BCUT2D eigenvalue weighted by Crippen LogP contribution is 2.31. The minimum absolute atomic E-state index is 0.0229. The normalized spacial score (nSPS) is 17.2. The molecule has 0 amide bonds. The fourth-order valence-corrected chi connectivity index (χ4v) is 3.84. The molecule has 0 saturated carbocycles. The molecule has 0 aliphatic carbocycles. The summed E-state index contributed by atoms with van der Waals surface area (Å²) < 4.78 is 0. The average molecular weight is 353 g/mol. The van der Waals surface area contributed by atoms with E-state index in [1.165, 1.54) is 12.1 Å². The van der Waals surface area contributed by atoms with Crippen LogP contribution >= 0.6 is 22.9 Å². The molecular weight excluding hydrogens is 336 g/mol. The second-order valence-corrected chi connectivity index (χ2v) is 6.80. The quantitative estimate of drug-likeness (QED) is 0.621. The first-order valence-corrected chi connectivity index (χ1v) is 8.64. The van der Waals surface area contributed by atoms with Crippen LogP contribution in [0.1, 0.15) is 18.0 Å². The lowest BCUT2D eigenvalue weighted by Crippen LogP contribution is -2.47. The van der Waals surface area contributed by atoms with Gasteiger partial charge in [-0.1, -0.05) is 11.6 Å². The first kappa shape index (κ1) is 16.2. The van der Waals surface area contributed by atoms with Crippen LogP contribution in [0.5, 0.6) is 0 Å². The van der Waals surface area contributed by atoms with Gasteiger partial charge < -0.3 is 4.90 Å². The largest absolute Gasteiger partial charge is 0.368 e. The van der Waals surface area contributed by atoms with Crippen molar-refractivity contribution in [2.45, 2.75) is 13.0 Å². The van der Waals surface area contributed by atoms with Crippen LogP contribution in [0.4, 0.5) is 11.4 Å². The standard InChI is InChI=1S/C15H17ClN4O2S/c1-11(15-17-4-9-23-15)18-5-7-19(8-6-18)14-3-2-12(20(21)22)10-13(14)16/h2-4,9-11H,5-8H2,1H3. The van der Waals surface area contributed by atoms with Crippen molar-refractivity contribution in [1.82, 2.24) is 9.88 Å². The van der Waals surface area contributed by atoms with Gasteiger partial charge in [0.1, 0.15) is 5.01 Å². The third-order valence-electron chi connectivity index (χ3n) is 4.15. The van der Waals surface area contributed by atoms with Crippen molar-refractivity contribution in [2.24, 2.45) is 0 Å². The summed E-state index contributed by atoms with van der Waals surface area (Å²) in [6.07, 6.45) is 1.84. The number of nitro groups is 1. The van der Waals surface area contributed by atoms with Gasteiger partial charge in [0.05, 0.1) is 21.7 Å². The number of nitrogens with zero attached hydrogens (tertiary/aromatic N) is 4. The van der Waals surface area contributed by atoms with Crippen LogP contribution in [0.15, 0.2) is 29.8 Å². The molecule has 8 heteroatoms. The predicted octanol–water partition coefficient (Wildman–Crippen LogP) is 3.59. The van der Waals surface area contributed by atoms with E-state index in [4.69, 9.17) is 11.6 Å². The Morgan fingerprint density at radius 3 is 2.65 bits per heavy atom. The Morgan fingerprint density at radius 1 is 1.35 bits per heavy atom. The van der Waals surface area contributed by atoms with E-state index in [0.29, 0.717) is 11.1 Å². The Bertz CT molecular complexity index is 687. The fourth-order valence-electron chi connectivity index (χ4n) is 2.81. The first-order chi connectivity index (χ1) is 11.1. The number of anilines is 1. The zero-order valence-corrected chi connectivity index (χ0v) is 14.3.